The monoisotopic (exact) mass is 276 g/mol. The molecule has 3 aromatic carbocycles. The maximum Gasteiger partial charge on any atom is 0.194 e. The highest BCUT2D eigenvalue weighted by molar-refractivity contribution is 6.26. The number of fused-ring (bicyclic) bond motifs is 5. The first-order chi connectivity index (χ1) is 10.2. The van der Waals surface area contributed by atoms with Crippen molar-refractivity contribution in [3.8, 4) is 22.6 Å². The number of ketones is 1. The highest BCUT2D eigenvalue weighted by atomic mass is 16.5. The first-order valence-corrected chi connectivity index (χ1v) is 6.68. The molecule has 0 heterocycles. The van der Waals surface area contributed by atoms with E-state index in [1.54, 1.807) is 19.2 Å². The molecular formula is C18H12O3. The van der Waals surface area contributed by atoms with E-state index in [-0.39, 0.29) is 11.5 Å². The van der Waals surface area contributed by atoms with Gasteiger partial charge in [0.2, 0.25) is 0 Å². The van der Waals surface area contributed by atoms with E-state index in [2.05, 4.69) is 0 Å². The zero-order valence-corrected chi connectivity index (χ0v) is 11.4. The van der Waals surface area contributed by atoms with E-state index < -0.39 is 0 Å². The number of methoxy groups -OCH3 is 1. The highest BCUT2D eigenvalue weighted by Crippen LogP contribution is 2.44. The highest BCUT2D eigenvalue weighted by Gasteiger charge is 2.29. The van der Waals surface area contributed by atoms with Crippen molar-refractivity contribution < 1.29 is 14.6 Å². The van der Waals surface area contributed by atoms with Crippen LogP contribution in [0.4, 0.5) is 0 Å². The van der Waals surface area contributed by atoms with E-state index in [1.165, 1.54) is 0 Å². The summed E-state index contributed by atoms with van der Waals surface area (Å²) in [5.74, 6) is 0.743. The summed E-state index contributed by atoms with van der Waals surface area (Å²) in [5, 5.41) is 11.8. The van der Waals surface area contributed by atoms with Crippen LogP contribution >= 0.6 is 0 Å². The third-order valence-electron chi connectivity index (χ3n) is 4.01. The Hall–Kier alpha value is -2.81. The second-order valence-corrected chi connectivity index (χ2v) is 5.10. The predicted molar refractivity (Wildman–Crippen MR) is 81.0 cm³/mol. The van der Waals surface area contributed by atoms with Crippen molar-refractivity contribution in [1.29, 1.82) is 0 Å². The number of carbonyl (C=O) groups excluding carboxylic acids is 1. The number of ether oxygens (including phenoxy) is 1. The molecule has 0 aromatic heterocycles. The van der Waals surface area contributed by atoms with E-state index in [0.717, 1.165) is 16.5 Å². The average Bonchev–Trinajstić information content (AvgIpc) is 2.81. The van der Waals surface area contributed by atoms with Crippen molar-refractivity contribution in [2.45, 2.75) is 0 Å². The lowest BCUT2D eigenvalue weighted by Crippen LogP contribution is -1.94. The second-order valence-electron chi connectivity index (χ2n) is 5.10. The topological polar surface area (TPSA) is 46.5 Å². The van der Waals surface area contributed by atoms with Crippen molar-refractivity contribution >= 4 is 16.6 Å². The van der Waals surface area contributed by atoms with Gasteiger partial charge in [-0.2, -0.15) is 0 Å². The standard InChI is InChI=1S/C18H12O3/c1-21-10-6-7-12-14(8-10)16(19)9-15-17(12)11-4-2-3-5-13(11)18(15)20/h2-9,19H,1H3. The lowest BCUT2D eigenvalue weighted by Gasteiger charge is -2.09. The van der Waals surface area contributed by atoms with Crippen molar-refractivity contribution in [2.75, 3.05) is 7.11 Å². The summed E-state index contributed by atoms with van der Waals surface area (Å²) < 4.78 is 5.21. The summed E-state index contributed by atoms with van der Waals surface area (Å²) in [4.78, 5) is 12.5. The summed E-state index contributed by atoms with van der Waals surface area (Å²) in [6.07, 6.45) is 0. The Morgan fingerprint density at radius 2 is 1.67 bits per heavy atom. The maximum absolute atomic E-state index is 12.5. The van der Waals surface area contributed by atoms with Gasteiger partial charge in [-0.05, 0) is 35.2 Å². The molecule has 0 spiro atoms. The van der Waals surface area contributed by atoms with E-state index in [1.807, 2.05) is 36.4 Å². The number of aromatic hydroxyl groups is 1. The molecule has 21 heavy (non-hydrogen) atoms. The zero-order valence-electron chi connectivity index (χ0n) is 11.4. The fourth-order valence-corrected chi connectivity index (χ4v) is 3.03. The molecule has 102 valence electrons. The van der Waals surface area contributed by atoms with Gasteiger partial charge in [-0.25, -0.2) is 0 Å². The molecule has 0 saturated carbocycles. The SMILES string of the molecule is COc1ccc2c3c(cc(O)c2c1)C(=O)c1ccccc1-3. The molecule has 0 bridgehead atoms. The first-order valence-electron chi connectivity index (χ1n) is 6.68. The van der Waals surface area contributed by atoms with Gasteiger partial charge in [-0.3, -0.25) is 4.79 Å². The lowest BCUT2D eigenvalue weighted by atomic mass is 9.97. The number of rotatable bonds is 1. The summed E-state index contributed by atoms with van der Waals surface area (Å²) in [6.45, 7) is 0. The third-order valence-corrected chi connectivity index (χ3v) is 4.01. The quantitative estimate of drug-likeness (QED) is 0.575. The van der Waals surface area contributed by atoms with Crippen molar-refractivity contribution in [3.05, 3.63) is 59.7 Å². The zero-order chi connectivity index (χ0) is 14.6. The summed E-state index contributed by atoms with van der Waals surface area (Å²) >= 11 is 0. The fraction of sp³-hybridized carbons (Fsp3) is 0.0556. The minimum Gasteiger partial charge on any atom is -0.507 e. The minimum absolute atomic E-state index is 0.0337. The summed E-state index contributed by atoms with van der Waals surface area (Å²) in [5.41, 5.74) is 3.07. The molecule has 3 nitrogen and oxygen atoms in total. The Labute approximate surface area is 121 Å². The average molecular weight is 276 g/mol. The Kier molecular flexibility index (Phi) is 2.33. The molecule has 1 N–H and O–H groups in total. The van der Waals surface area contributed by atoms with Crippen LogP contribution in [0.1, 0.15) is 15.9 Å². The normalized spacial score (nSPS) is 12.3. The van der Waals surface area contributed by atoms with Gasteiger partial charge >= 0.3 is 0 Å². The molecule has 0 aliphatic heterocycles. The van der Waals surface area contributed by atoms with Gasteiger partial charge in [0.05, 0.1) is 7.11 Å². The van der Waals surface area contributed by atoms with Crippen LogP contribution in [0.15, 0.2) is 48.5 Å². The van der Waals surface area contributed by atoms with Crippen LogP contribution in [-0.2, 0) is 0 Å². The number of phenolic OH excluding ortho intramolecular Hbond substituents is 1. The van der Waals surface area contributed by atoms with Crippen LogP contribution < -0.4 is 4.74 Å². The molecule has 0 atom stereocenters. The second kappa shape index (κ2) is 4.09. The van der Waals surface area contributed by atoms with Gasteiger partial charge in [-0.1, -0.05) is 24.3 Å². The Morgan fingerprint density at radius 3 is 2.43 bits per heavy atom. The van der Waals surface area contributed by atoms with Crippen LogP contribution in [0, 0.1) is 0 Å². The molecule has 0 saturated heterocycles. The molecule has 3 heteroatoms. The number of benzene rings is 3. The number of carbonyl (C=O) groups is 1. The fourth-order valence-electron chi connectivity index (χ4n) is 3.03. The summed E-state index contributed by atoms with van der Waals surface area (Å²) in [7, 11) is 1.59. The van der Waals surface area contributed by atoms with Gasteiger partial charge in [-0.15, -0.1) is 0 Å². The molecule has 0 unspecified atom stereocenters. The lowest BCUT2D eigenvalue weighted by molar-refractivity contribution is 0.104. The molecule has 3 aromatic rings. The van der Waals surface area contributed by atoms with Gasteiger partial charge in [0.1, 0.15) is 11.5 Å². The van der Waals surface area contributed by atoms with Gasteiger partial charge in [0, 0.05) is 22.1 Å². The van der Waals surface area contributed by atoms with Gasteiger partial charge < -0.3 is 9.84 Å². The maximum atomic E-state index is 12.5. The Balaban J connectivity index is 2.16. The third kappa shape index (κ3) is 1.51. The molecule has 1 aliphatic rings. The first kappa shape index (κ1) is 12.0. The van der Waals surface area contributed by atoms with E-state index >= 15 is 0 Å². The van der Waals surface area contributed by atoms with Crippen LogP contribution in [-0.4, -0.2) is 18.0 Å². The number of phenols is 1. The van der Waals surface area contributed by atoms with Crippen LogP contribution in [0.2, 0.25) is 0 Å². The predicted octanol–water partition coefficient (Wildman–Crippen LogP) is 3.77. The molecule has 4 rings (SSSR count). The molecular weight excluding hydrogens is 264 g/mol. The Morgan fingerprint density at radius 1 is 0.905 bits per heavy atom. The smallest absolute Gasteiger partial charge is 0.194 e. The van der Waals surface area contributed by atoms with Gasteiger partial charge in [0.15, 0.2) is 5.78 Å². The van der Waals surface area contributed by atoms with Crippen molar-refractivity contribution in [2.24, 2.45) is 0 Å². The minimum atomic E-state index is -0.0337. The van der Waals surface area contributed by atoms with E-state index in [0.29, 0.717) is 22.3 Å². The molecule has 1 aliphatic carbocycles. The van der Waals surface area contributed by atoms with Crippen molar-refractivity contribution in [1.82, 2.24) is 0 Å². The van der Waals surface area contributed by atoms with Gasteiger partial charge in [0.25, 0.3) is 0 Å². The molecule has 0 fully saturated rings. The van der Waals surface area contributed by atoms with E-state index in [4.69, 9.17) is 4.74 Å². The largest absolute Gasteiger partial charge is 0.507 e. The number of hydrogen-bond donors (Lipinski definition) is 1. The summed E-state index contributed by atoms with van der Waals surface area (Å²) in [6, 6.07) is 14.6. The van der Waals surface area contributed by atoms with Crippen LogP contribution in [0.3, 0.4) is 0 Å². The molecule has 0 radical (unpaired) electrons. The molecule has 0 amide bonds. The van der Waals surface area contributed by atoms with Crippen LogP contribution in [0.25, 0.3) is 21.9 Å². The number of hydrogen-bond acceptors (Lipinski definition) is 3. The van der Waals surface area contributed by atoms with Crippen molar-refractivity contribution in [3.63, 3.8) is 0 Å². The van der Waals surface area contributed by atoms with E-state index in [9.17, 15) is 9.90 Å². The Bertz CT molecular complexity index is 910. The van der Waals surface area contributed by atoms with Crippen LogP contribution in [0.5, 0.6) is 11.5 Å².